The van der Waals surface area contributed by atoms with Crippen molar-refractivity contribution in [2.45, 2.75) is 5.60 Å². The zero-order valence-electron chi connectivity index (χ0n) is 26.2. The highest BCUT2D eigenvalue weighted by Crippen LogP contribution is 2.40. The summed E-state index contributed by atoms with van der Waals surface area (Å²) < 4.78 is 38.0. The smallest absolute Gasteiger partial charge is 0.143 e. The van der Waals surface area contributed by atoms with Crippen molar-refractivity contribution in [1.82, 2.24) is 0 Å². The molecule has 45 heavy (non-hydrogen) atoms. The van der Waals surface area contributed by atoms with Gasteiger partial charge in [-0.1, -0.05) is 91.0 Å². The molecule has 0 aromatic heterocycles. The Labute approximate surface area is 267 Å². The number of hydrogen-bond acceptors (Lipinski definition) is 10. The van der Waals surface area contributed by atoms with Gasteiger partial charge in [-0.15, -0.1) is 0 Å². The van der Waals surface area contributed by atoms with Gasteiger partial charge >= 0.3 is 0 Å². The Morgan fingerprint density at radius 2 is 0.578 bits per heavy atom. The minimum atomic E-state index is -0.728. The third-order valence-corrected chi connectivity index (χ3v) is 6.28. The molecule has 10 heteroatoms. The van der Waals surface area contributed by atoms with Crippen LogP contribution in [-0.2, 0) is 38.8 Å². The van der Waals surface area contributed by atoms with E-state index in [1.165, 1.54) is 0 Å². The average Bonchev–Trinajstić information content (AvgIpc) is 3.10. The summed E-state index contributed by atoms with van der Waals surface area (Å²) >= 11 is 0. The standard InChI is InChI=1S/C27H32O5.C8H18O5/c28-16-17-29-18-19-30-20-21-31-22-23-32-27(24-10-4-1-5-11-24,25-12-6-2-7-13-25)26-14-8-3-9-15-26;9-1-3-11-5-7-13-8-6-12-4-2-10/h1-15,28H,16-23H2;9-10H,1-8H2. The van der Waals surface area contributed by atoms with Gasteiger partial charge in [-0.3, -0.25) is 0 Å². The summed E-state index contributed by atoms with van der Waals surface area (Å²) in [6.07, 6.45) is 0. The maximum absolute atomic E-state index is 8.67. The van der Waals surface area contributed by atoms with Crippen molar-refractivity contribution in [1.29, 1.82) is 0 Å². The van der Waals surface area contributed by atoms with Crippen LogP contribution in [0.5, 0.6) is 0 Å². The lowest BCUT2D eigenvalue weighted by Gasteiger charge is -2.36. The number of aliphatic hydroxyl groups excluding tert-OH is 3. The van der Waals surface area contributed by atoms with Crippen molar-refractivity contribution < 1.29 is 48.5 Å². The zero-order valence-corrected chi connectivity index (χ0v) is 26.2. The molecule has 0 saturated carbocycles. The van der Waals surface area contributed by atoms with Gasteiger partial charge in [-0.25, -0.2) is 0 Å². The van der Waals surface area contributed by atoms with Crippen molar-refractivity contribution in [3.05, 3.63) is 108 Å². The van der Waals surface area contributed by atoms with Gasteiger partial charge in [0, 0.05) is 0 Å². The Balaban J connectivity index is 0.000000459. The minimum absolute atomic E-state index is 0.0273. The van der Waals surface area contributed by atoms with Gasteiger partial charge in [-0.2, -0.15) is 0 Å². The molecule has 250 valence electrons. The molecule has 3 aromatic rings. The summed E-state index contributed by atoms with van der Waals surface area (Å²) in [5.74, 6) is 0. The zero-order chi connectivity index (χ0) is 32.1. The molecule has 0 saturated heterocycles. The van der Waals surface area contributed by atoms with Crippen molar-refractivity contribution in [3.63, 3.8) is 0 Å². The van der Waals surface area contributed by atoms with E-state index in [0.29, 0.717) is 85.9 Å². The molecule has 0 heterocycles. The van der Waals surface area contributed by atoms with E-state index < -0.39 is 5.60 Å². The predicted octanol–water partition coefficient (Wildman–Crippen LogP) is 3.06. The summed E-state index contributed by atoms with van der Waals surface area (Å²) in [4.78, 5) is 0. The van der Waals surface area contributed by atoms with E-state index in [1.54, 1.807) is 0 Å². The molecule has 0 aliphatic rings. The van der Waals surface area contributed by atoms with E-state index in [9.17, 15) is 0 Å². The highest BCUT2D eigenvalue weighted by Gasteiger charge is 2.37. The molecule has 0 atom stereocenters. The van der Waals surface area contributed by atoms with Crippen LogP contribution in [0.15, 0.2) is 91.0 Å². The quantitative estimate of drug-likeness (QED) is 0.0951. The van der Waals surface area contributed by atoms with Gasteiger partial charge in [0.25, 0.3) is 0 Å². The van der Waals surface area contributed by atoms with Crippen LogP contribution in [0.3, 0.4) is 0 Å². The Bertz CT molecular complexity index is 933. The third-order valence-electron chi connectivity index (χ3n) is 6.28. The first-order valence-corrected chi connectivity index (χ1v) is 15.4. The van der Waals surface area contributed by atoms with Crippen LogP contribution >= 0.6 is 0 Å². The Morgan fingerprint density at radius 1 is 0.333 bits per heavy atom. The van der Waals surface area contributed by atoms with E-state index >= 15 is 0 Å². The van der Waals surface area contributed by atoms with Crippen molar-refractivity contribution in [2.24, 2.45) is 0 Å². The summed E-state index contributed by atoms with van der Waals surface area (Å²) in [7, 11) is 0. The number of ether oxygens (including phenoxy) is 7. The first kappa shape index (κ1) is 38.4. The molecule has 0 amide bonds. The monoisotopic (exact) mass is 630 g/mol. The van der Waals surface area contributed by atoms with Gasteiger partial charge in [0.05, 0.1) is 106 Å². The Morgan fingerprint density at radius 3 is 0.844 bits per heavy atom. The fraction of sp³-hybridized carbons (Fsp3) is 0.486. The highest BCUT2D eigenvalue weighted by atomic mass is 16.6. The number of rotatable bonds is 25. The van der Waals surface area contributed by atoms with E-state index in [-0.39, 0.29) is 19.8 Å². The fourth-order valence-corrected chi connectivity index (χ4v) is 4.30. The Kier molecular flexibility index (Phi) is 22.6. The molecule has 0 aliphatic carbocycles. The van der Waals surface area contributed by atoms with Gasteiger partial charge in [0.1, 0.15) is 5.60 Å². The van der Waals surface area contributed by atoms with Crippen LogP contribution in [0.4, 0.5) is 0 Å². The van der Waals surface area contributed by atoms with Crippen LogP contribution in [0.1, 0.15) is 16.7 Å². The number of aliphatic hydroxyl groups is 3. The molecule has 0 fully saturated rings. The largest absolute Gasteiger partial charge is 0.394 e. The Hall–Kier alpha value is -2.74. The van der Waals surface area contributed by atoms with Gasteiger partial charge in [0.2, 0.25) is 0 Å². The SMILES string of the molecule is OCCOCCOCCOCCO.OCCOCCOCCOCCOC(c1ccccc1)(c1ccccc1)c1ccccc1. The summed E-state index contributed by atoms with van der Waals surface area (Å²) in [6, 6.07) is 30.9. The molecule has 3 aromatic carbocycles. The molecule has 0 aliphatic heterocycles. The second-order valence-electron chi connectivity index (χ2n) is 9.47. The average molecular weight is 631 g/mol. The van der Waals surface area contributed by atoms with Gasteiger partial charge in [-0.05, 0) is 16.7 Å². The van der Waals surface area contributed by atoms with E-state index in [1.807, 2.05) is 54.6 Å². The number of hydrogen-bond donors (Lipinski definition) is 3. The predicted molar refractivity (Wildman–Crippen MR) is 171 cm³/mol. The topological polar surface area (TPSA) is 125 Å². The molecule has 10 nitrogen and oxygen atoms in total. The first-order chi connectivity index (χ1) is 22.3. The molecule has 0 bridgehead atoms. The molecular formula is C35H50O10. The number of benzene rings is 3. The van der Waals surface area contributed by atoms with Crippen molar-refractivity contribution in [3.8, 4) is 0 Å². The third kappa shape index (κ3) is 15.9. The normalized spacial score (nSPS) is 11.3. The highest BCUT2D eigenvalue weighted by molar-refractivity contribution is 5.47. The second kappa shape index (κ2) is 26.5. The van der Waals surface area contributed by atoms with Crippen LogP contribution in [0.2, 0.25) is 0 Å². The molecular weight excluding hydrogens is 580 g/mol. The lowest BCUT2D eigenvalue weighted by molar-refractivity contribution is -0.0375. The molecule has 0 radical (unpaired) electrons. The van der Waals surface area contributed by atoms with Crippen LogP contribution < -0.4 is 0 Å². The molecule has 3 N–H and O–H groups in total. The summed E-state index contributed by atoms with van der Waals surface area (Å²) in [5.41, 5.74) is 2.49. The van der Waals surface area contributed by atoms with Crippen molar-refractivity contribution >= 4 is 0 Å². The molecule has 0 unspecified atom stereocenters. The van der Waals surface area contributed by atoms with Crippen LogP contribution in [-0.4, -0.2) is 121 Å². The minimum Gasteiger partial charge on any atom is -0.394 e. The summed E-state index contributed by atoms with van der Waals surface area (Å²) in [6.45, 7) is 5.94. The van der Waals surface area contributed by atoms with Gasteiger partial charge in [0.15, 0.2) is 0 Å². The maximum atomic E-state index is 8.67. The van der Waals surface area contributed by atoms with Crippen LogP contribution in [0.25, 0.3) is 0 Å². The van der Waals surface area contributed by atoms with E-state index in [0.717, 1.165) is 16.7 Å². The van der Waals surface area contributed by atoms with Gasteiger partial charge < -0.3 is 48.5 Å². The van der Waals surface area contributed by atoms with Crippen LogP contribution in [0, 0.1) is 0 Å². The lowest BCUT2D eigenvalue weighted by atomic mass is 9.80. The summed E-state index contributed by atoms with van der Waals surface area (Å²) in [5, 5.41) is 25.4. The lowest BCUT2D eigenvalue weighted by Crippen LogP contribution is -2.34. The molecule has 0 spiro atoms. The maximum Gasteiger partial charge on any atom is 0.143 e. The van der Waals surface area contributed by atoms with E-state index in [4.69, 9.17) is 48.5 Å². The fourth-order valence-electron chi connectivity index (χ4n) is 4.30. The van der Waals surface area contributed by atoms with Crippen molar-refractivity contribution in [2.75, 3.05) is 106 Å². The molecule has 3 rings (SSSR count). The second-order valence-corrected chi connectivity index (χ2v) is 9.47. The first-order valence-electron chi connectivity index (χ1n) is 15.4. The van der Waals surface area contributed by atoms with E-state index in [2.05, 4.69) is 36.4 Å².